The summed E-state index contributed by atoms with van der Waals surface area (Å²) in [4.78, 5) is 0. The van der Waals surface area contributed by atoms with Crippen LogP contribution in [0.3, 0.4) is 0 Å². The Hall–Kier alpha value is -2.05. The van der Waals surface area contributed by atoms with Crippen molar-refractivity contribution in [2.24, 2.45) is 0 Å². The van der Waals surface area contributed by atoms with Crippen molar-refractivity contribution in [1.82, 2.24) is 0 Å². The van der Waals surface area contributed by atoms with Crippen LogP contribution in [0.15, 0.2) is 103 Å². The van der Waals surface area contributed by atoms with Crippen LogP contribution in [-0.2, 0) is 24.3 Å². The van der Waals surface area contributed by atoms with Crippen molar-refractivity contribution < 1.29 is 17.9 Å². The molecule has 1 unspecified atom stereocenters. The van der Waals surface area contributed by atoms with Gasteiger partial charge in [0.1, 0.15) is 0 Å². The first-order chi connectivity index (χ1) is 22.8. The van der Waals surface area contributed by atoms with Gasteiger partial charge in [0, 0.05) is 0 Å². The van der Waals surface area contributed by atoms with Gasteiger partial charge in [-0.05, 0) is 0 Å². The van der Waals surface area contributed by atoms with Crippen molar-refractivity contribution in [3.8, 4) is 22.3 Å². The SMILES string of the molecule is CCCc1ccc2c(c1-c1cc([Si](C)(C)C)cc([Si](C)(C)C)c1)C=C(c1ccccc1)[CH]2[Zr]([Cl])([Cl])[c]1cccc2c1[SiH2]c1ccccc1-2. The number of hydrogen-bond acceptors (Lipinski definition) is 0. The van der Waals surface area contributed by atoms with Crippen LogP contribution in [0.2, 0.25) is 39.3 Å². The van der Waals surface area contributed by atoms with Gasteiger partial charge >= 0.3 is 307 Å². The predicted octanol–water partition coefficient (Wildman–Crippen LogP) is 8.88. The van der Waals surface area contributed by atoms with E-state index in [9.17, 15) is 0 Å². The molecule has 0 aromatic heterocycles. The van der Waals surface area contributed by atoms with Crippen LogP contribution < -0.4 is 24.0 Å². The fourth-order valence-corrected chi connectivity index (χ4v) is 26.8. The third-order valence-electron chi connectivity index (χ3n) is 10.4. The standard InChI is InChI=1S/C30H37Si2.C12H9Si.2ClH.Zr/c1-8-12-23-15-16-24-17-25(22-13-10-9-11-14-22)20-29(24)30(23)26-18-27(31(2,3)4)21-28(19-26)32(5,6)7;1-3-7-11-9(5-1)10-6-2-4-8-12(10)13-11;;;/h9-11,13-21H,8,12H2,1-7H3;1-7H,13H2;2*1H;/q;;;;+2/p-2. The first kappa shape index (κ1) is 34.4. The van der Waals surface area contributed by atoms with Crippen LogP contribution in [0.5, 0.6) is 0 Å². The molecular formula is C42H46Cl2Si3Zr. The fraction of sp³-hybridized carbons (Fsp3) is 0.238. The molecule has 0 N–H and O–H groups in total. The molecule has 0 saturated heterocycles. The molecule has 0 bridgehead atoms. The minimum atomic E-state index is -4.18. The van der Waals surface area contributed by atoms with E-state index in [0.29, 0.717) is 0 Å². The summed E-state index contributed by atoms with van der Waals surface area (Å²) in [5.41, 5.74) is 12.2. The van der Waals surface area contributed by atoms with Gasteiger partial charge < -0.3 is 0 Å². The molecule has 244 valence electrons. The van der Waals surface area contributed by atoms with Crippen LogP contribution in [0.4, 0.5) is 0 Å². The summed E-state index contributed by atoms with van der Waals surface area (Å²) < 4.78 is 1.28. The maximum atomic E-state index is 8.10. The minimum absolute atomic E-state index is 0.00435. The Bertz CT molecular complexity index is 2040. The van der Waals surface area contributed by atoms with E-state index in [0.717, 1.165) is 12.8 Å². The van der Waals surface area contributed by atoms with E-state index in [4.69, 9.17) is 17.0 Å². The van der Waals surface area contributed by atoms with Crippen molar-refractivity contribution in [3.05, 3.63) is 125 Å². The molecule has 5 aromatic carbocycles. The molecule has 1 aliphatic carbocycles. The zero-order chi connectivity index (χ0) is 34.0. The fourth-order valence-electron chi connectivity index (χ4n) is 7.85. The van der Waals surface area contributed by atoms with Gasteiger partial charge in [-0.1, -0.05) is 0 Å². The van der Waals surface area contributed by atoms with Gasteiger partial charge in [-0.3, -0.25) is 0 Å². The Labute approximate surface area is 304 Å². The van der Waals surface area contributed by atoms with Crippen molar-refractivity contribution in [3.63, 3.8) is 0 Å². The van der Waals surface area contributed by atoms with Gasteiger partial charge in [-0.15, -0.1) is 0 Å². The van der Waals surface area contributed by atoms with Crippen LogP contribution in [0.1, 0.15) is 39.2 Å². The molecule has 0 fully saturated rings. The molecule has 6 heteroatoms. The number of hydrogen-bond donors (Lipinski definition) is 0. The first-order valence-corrected chi connectivity index (χ1v) is 34.9. The maximum absolute atomic E-state index is 8.10. The quantitative estimate of drug-likeness (QED) is 0.135. The number of aryl methyl sites for hydroxylation is 1. The van der Waals surface area contributed by atoms with Gasteiger partial charge in [0.05, 0.1) is 0 Å². The third kappa shape index (κ3) is 6.14. The molecule has 0 nitrogen and oxygen atoms in total. The second-order valence-corrected chi connectivity index (χ2v) is 41.8. The predicted molar refractivity (Wildman–Crippen MR) is 220 cm³/mol. The molecule has 1 aliphatic heterocycles. The summed E-state index contributed by atoms with van der Waals surface area (Å²) in [5, 5.41) is 6.08. The molecule has 0 radical (unpaired) electrons. The van der Waals surface area contributed by atoms with E-state index in [2.05, 4.69) is 155 Å². The topological polar surface area (TPSA) is 0 Å². The van der Waals surface area contributed by atoms with Crippen molar-refractivity contribution in [2.75, 3.05) is 0 Å². The average molecular weight is 797 g/mol. The summed E-state index contributed by atoms with van der Waals surface area (Å²) in [7, 11) is 12.4. The van der Waals surface area contributed by atoms with E-state index in [1.54, 1.807) is 10.4 Å². The van der Waals surface area contributed by atoms with Gasteiger partial charge in [-0.25, -0.2) is 0 Å². The zero-order valence-electron chi connectivity index (χ0n) is 29.3. The Balaban J connectivity index is 1.49. The van der Waals surface area contributed by atoms with E-state index in [-0.39, 0.29) is 3.63 Å². The van der Waals surface area contributed by atoms with Gasteiger partial charge in [-0.2, -0.15) is 0 Å². The van der Waals surface area contributed by atoms with E-state index in [1.807, 2.05) is 0 Å². The normalized spacial score (nSPS) is 16.1. The Morgan fingerprint density at radius 1 is 0.688 bits per heavy atom. The Kier molecular flexibility index (Phi) is 9.27. The summed E-state index contributed by atoms with van der Waals surface area (Å²) >= 11 is -4.18. The van der Waals surface area contributed by atoms with Gasteiger partial charge in [0.2, 0.25) is 0 Å². The van der Waals surface area contributed by atoms with Crippen LogP contribution in [-0.4, -0.2) is 25.7 Å². The number of rotatable bonds is 8. The van der Waals surface area contributed by atoms with E-state index < -0.39 is 43.5 Å². The summed E-state index contributed by atoms with van der Waals surface area (Å²) in [6.07, 6.45) is 4.65. The van der Waals surface area contributed by atoms with Gasteiger partial charge in [0.15, 0.2) is 0 Å². The number of allylic oxidation sites excluding steroid dienone is 1. The summed E-state index contributed by atoms with van der Waals surface area (Å²) in [6, 6.07) is 39.1. The molecular weight excluding hydrogens is 751 g/mol. The molecule has 1 atom stereocenters. The zero-order valence-corrected chi connectivity index (χ0v) is 36.7. The average Bonchev–Trinajstić information content (AvgIpc) is 3.63. The molecule has 2 aliphatic rings. The molecule has 0 spiro atoms. The van der Waals surface area contributed by atoms with Crippen molar-refractivity contribution in [2.45, 2.75) is 62.7 Å². The molecule has 1 heterocycles. The van der Waals surface area contributed by atoms with Crippen molar-refractivity contribution in [1.29, 1.82) is 0 Å². The number of benzene rings is 5. The Morgan fingerprint density at radius 3 is 2.00 bits per heavy atom. The summed E-state index contributed by atoms with van der Waals surface area (Å²) in [6.45, 7) is 17.2. The van der Waals surface area contributed by atoms with Crippen LogP contribution >= 0.6 is 17.0 Å². The second kappa shape index (κ2) is 12.9. The van der Waals surface area contributed by atoms with E-state index >= 15 is 0 Å². The van der Waals surface area contributed by atoms with Crippen molar-refractivity contribution >= 4 is 78.4 Å². The number of halogens is 2. The van der Waals surface area contributed by atoms with Crippen LogP contribution in [0.25, 0.3) is 33.9 Å². The molecule has 0 amide bonds. The molecule has 7 rings (SSSR count). The second-order valence-electron chi connectivity index (χ2n) is 15.8. The van der Waals surface area contributed by atoms with Crippen LogP contribution in [0, 0.1) is 0 Å². The van der Waals surface area contributed by atoms with E-state index in [1.165, 1.54) is 63.7 Å². The number of fused-ring (bicyclic) bond motifs is 4. The Morgan fingerprint density at radius 2 is 1.33 bits per heavy atom. The first-order valence-electron chi connectivity index (χ1n) is 17.5. The third-order valence-corrected chi connectivity index (χ3v) is 28.7. The monoisotopic (exact) mass is 794 g/mol. The molecule has 0 saturated carbocycles. The summed E-state index contributed by atoms with van der Waals surface area (Å²) in [5.74, 6) is 0. The molecule has 48 heavy (non-hydrogen) atoms. The molecule has 5 aromatic rings. The van der Waals surface area contributed by atoms with Gasteiger partial charge in [0.25, 0.3) is 0 Å².